The number of hydrogen-bond acceptors (Lipinski definition) is 3. The highest BCUT2D eigenvalue weighted by molar-refractivity contribution is 9.10. The van der Waals surface area contributed by atoms with Gasteiger partial charge >= 0.3 is 0 Å². The van der Waals surface area contributed by atoms with Crippen LogP contribution in [0.3, 0.4) is 0 Å². The van der Waals surface area contributed by atoms with Crippen molar-refractivity contribution in [1.29, 1.82) is 0 Å². The Morgan fingerprint density at radius 3 is 2.94 bits per heavy atom. The van der Waals surface area contributed by atoms with E-state index in [1.54, 1.807) is 0 Å². The molecule has 1 aliphatic heterocycles. The summed E-state index contributed by atoms with van der Waals surface area (Å²) in [6.45, 7) is 7.03. The highest BCUT2D eigenvalue weighted by Gasteiger charge is 2.33. The Bertz CT molecular complexity index is 394. The highest BCUT2D eigenvalue weighted by atomic mass is 79.9. The SMILES string of the molecule is Cc1sc(CNCC2CCN(C3CC3)C2)cc1Br. The van der Waals surface area contributed by atoms with E-state index < -0.39 is 0 Å². The molecule has 0 bridgehead atoms. The summed E-state index contributed by atoms with van der Waals surface area (Å²) in [6.07, 6.45) is 4.28. The predicted molar refractivity (Wildman–Crippen MR) is 81.2 cm³/mol. The molecule has 1 aromatic rings. The van der Waals surface area contributed by atoms with Gasteiger partial charge in [-0.3, -0.25) is 0 Å². The zero-order valence-electron chi connectivity index (χ0n) is 10.9. The van der Waals surface area contributed by atoms with Crippen LogP contribution in [0.1, 0.15) is 29.0 Å². The van der Waals surface area contributed by atoms with E-state index in [2.05, 4.69) is 39.1 Å². The van der Waals surface area contributed by atoms with E-state index >= 15 is 0 Å². The molecule has 3 rings (SSSR count). The molecule has 0 spiro atoms. The van der Waals surface area contributed by atoms with Crippen molar-refractivity contribution in [2.45, 2.75) is 38.8 Å². The first-order valence-electron chi connectivity index (χ1n) is 6.92. The van der Waals surface area contributed by atoms with Gasteiger partial charge in [0.25, 0.3) is 0 Å². The maximum Gasteiger partial charge on any atom is 0.0314 e. The number of aryl methyl sites for hydroxylation is 1. The van der Waals surface area contributed by atoms with E-state index in [1.807, 2.05) is 11.3 Å². The Morgan fingerprint density at radius 1 is 1.44 bits per heavy atom. The van der Waals surface area contributed by atoms with Gasteiger partial charge < -0.3 is 10.2 Å². The second kappa shape index (κ2) is 5.61. The van der Waals surface area contributed by atoms with Gasteiger partial charge in [-0.05, 0) is 67.2 Å². The zero-order chi connectivity index (χ0) is 12.5. The van der Waals surface area contributed by atoms with Gasteiger partial charge in [-0.25, -0.2) is 0 Å². The first kappa shape index (κ1) is 13.1. The van der Waals surface area contributed by atoms with Gasteiger partial charge in [-0.15, -0.1) is 11.3 Å². The van der Waals surface area contributed by atoms with Crippen LogP contribution in [0.2, 0.25) is 0 Å². The van der Waals surface area contributed by atoms with Crippen molar-refractivity contribution in [3.8, 4) is 0 Å². The Balaban J connectivity index is 1.39. The lowest BCUT2D eigenvalue weighted by Crippen LogP contribution is -2.27. The number of nitrogens with one attached hydrogen (secondary N) is 1. The molecule has 1 unspecified atom stereocenters. The fraction of sp³-hybridized carbons (Fsp3) is 0.714. The molecule has 100 valence electrons. The third kappa shape index (κ3) is 3.16. The van der Waals surface area contributed by atoms with Crippen molar-refractivity contribution in [2.75, 3.05) is 19.6 Å². The summed E-state index contributed by atoms with van der Waals surface area (Å²) in [7, 11) is 0. The minimum absolute atomic E-state index is 0.870. The second-order valence-electron chi connectivity index (χ2n) is 5.63. The maximum atomic E-state index is 3.63. The number of hydrogen-bond donors (Lipinski definition) is 1. The molecular formula is C14H21BrN2S. The Labute approximate surface area is 122 Å². The molecule has 2 aliphatic rings. The summed E-state index contributed by atoms with van der Waals surface area (Å²) in [4.78, 5) is 5.52. The Morgan fingerprint density at radius 2 is 2.28 bits per heavy atom. The van der Waals surface area contributed by atoms with Gasteiger partial charge in [-0.1, -0.05) is 0 Å². The molecule has 2 nitrogen and oxygen atoms in total. The fourth-order valence-electron chi connectivity index (χ4n) is 2.80. The molecule has 1 N–H and O–H groups in total. The molecule has 2 heterocycles. The largest absolute Gasteiger partial charge is 0.312 e. The third-order valence-corrected chi connectivity index (χ3v) is 6.16. The lowest BCUT2D eigenvalue weighted by Gasteiger charge is -2.14. The van der Waals surface area contributed by atoms with Crippen molar-refractivity contribution in [3.63, 3.8) is 0 Å². The number of halogens is 1. The van der Waals surface area contributed by atoms with Crippen molar-refractivity contribution in [1.82, 2.24) is 10.2 Å². The number of rotatable bonds is 5. The van der Waals surface area contributed by atoms with Crippen molar-refractivity contribution in [2.24, 2.45) is 5.92 Å². The molecule has 1 aromatic heterocycles. The molecule has 1 saturated carbocycles. The third-order valence-electron chi connectivity index (χ3n) is 4.02. The number of thiophene rings is 1. The minimum Gasteiger partial charge on any atom is -0.312 e. The summed E-state index contributed by atoms with van der Waals surface area (Å²) in [5, 5.41) is 3.63. The second-order valence-corrected chi connectivity index (χ2v) is 7.82. The number of likely N-dealkylation sites (tertiary alicyclic amines) is 1. The molecule has 4 heteroatoms. The van der Waals surface area contributed by atoms with Gasteiger partial charge in [-0.2, -0.15) is 0 Å². The Hall–Kier alpha value is 0.100. The standard InChI is InChI=1S/C14H21BrN2S/c1-10-14(15)6-13(18-10)8-16-7-11-4-5-17(9-11)12-2-3-12/h6,11-12,16H,2-5,7-9H2,1H3. The molecule has 1 aliphatic carbocycles. The van der Waals surface area contributed by atoms with Crippen LogP contribution in [-0.2, 0) is 6.54 Å². The van der Waals surface area contributed by atoms with Crippen LogP contribution in [0.4, 0.5) is 0 Å². The average molecular weight is 329 g/mol. The highest BCUT2D eigenvalue weighted by Crippen LogP contribution is 2.31. The van der Waals surface area contributed by atoms with Gasteiger partial charge in [0, 0.05) is 33.4 Å². The molecule has 2 fully saturated rings. The van der Waals surface area contributed by atoms with E-state index in [4.69, 9.17) is 0 Å². The van der Waals surface area contributed by atoms with Crippen LogP contribution in [0, 0.1) is 12.8 Å². The summed E-state index contributed by atoms with van der Waals surface area (Å²) in [5.41, 5.74) is 0. The quantitative estimate of drug-likeness (QED) is 0.891. The van der Waals surface area contributed by atoms with E-state index in [0.29, 0.717) is 0 Å². The van der Waals surface area contributed by atoms with E-state index in [-0.39, 0.29) is 0 Å². The van der Waals surface area contributed by atoms with Crippen molar-refractivity contribution in [3.05, 3.63) is 20.3 Å². The van der Waals surface area contributed by atoms with Crippen molar-refractivity contribution < 1.29 is 0 Å². The predicted octanol–water partition coefficient (Wildman–Crippen LogP) is 3.39. The van der Waals surface area contributed by atoms with Gasteiger partial charge in [0.2, 0.25) is 0 Å². The van der Waals surface area contributed by atoms with Crippen molar-refractivity contribution >= 4 is 27.3 Å². The smallest absolute Gasteiger partial charge is 0.0314 e. The summed E-state index contributed by atoms with van der Waals surface area (Å²) >= 11 is 5.47. The van der Waals surface area contributed by atoms with E-state index in [1.165, 1.54) is 53.1 Å². The summed E-state index contributed by atoms with van der Waals surface area (Å²) in [5.74, 6) is 0.870. The lowest BCUT2D eigenvalue weighted by molar-refractivity contribution is 0.312. The van der Waals surface area contributed by atoms with Gasteiger partial charge in [0.05, 0.1) is 0 Å². The van der Waals surface area contributed by atoms with Crippen LogP contribution in [0.25, 0.3) is 0 Å². The average Bonchev–Trinajstić information content (AvgIpc) is 3.01. The van der Waals surface area contributed by atoms with E-state index in [0.717, 1.165) is 18.5 Å². The van der Waals surface area contributed by atoms with Crippen LogP contribution < -0.4 is 5.32 Å². The number of nitrogens with zero attached hydrogens (tertiary/aromatic N) is 1. The molecule has 1 atom stereocenters. The molecule has 0 aromatic carbocycles. The molecule has 0 amide bonds. The van der Waals surface area contributed by atoms with Gasteiger partial charge in [0.15, 0.2) is 0 Å². The van der Waals surface area contributed by atoms with Crippen LogP contribution in [-0.4, -0.2) is 30.6 Å². The topological polar surface area (TPSA) is 15.3 Å². The molecule has 0 radical (unpaired) electrons. The fourth-order valence-corrected chi connectivity index (χ4v) is 4.38. The van der Waals surface area contributed by atoms with Gasteiger partial charge in [0.1, 0.15) is 0 Å². The summed E-state index contributed by atoms with van der Waals surface area (Å²) in [6, 6.07) is 3.20. The summed E-state index contributed by atoms with van der Waals surface area (Å²) < 4.78 is 1.25. The van der Waals surface area contributed by atoms with Crippen LogP contribution >= 0.6 is 27.3 Å². The maximum absolute atomic E-state index is 3.63. The van der Waals surface area contributed by atoms with E-state index in [9.17, 15) is 0 Å². The van der Waals surface area contributed by atoms with Crippen LogP contribution in [0.15, 0.2) is 10.5 Å². The normalized spacial score (nSPS) is 24.9. The lowest BCUT2D eigenvalue weighted by atomic mass is 10.1. The van der Waals surface area contributed by atoms with Crippen LogP contribution in [0.5, 0.6) is 0 Å². The minimum atomic E-state index is 0.870. The first-order chi connectivity index (χ1) is 8.72. The molecular weight excluding hydrogens is 308 g/mol. The molecule has 1 saturated heterocycles. The monoisotopic (exact) mass is 328 g/mol. The zero-order valence-corrected chi connectivity index (χ0v) is 13.3. The molecule has 18 heavy (non-hydrogen) atoms. The first-order valence-corrected chi connectivity index (χ1v) is 8.53. The Kier molecular flexibility index (Phi) is 4.09.